The van der Waals surface area contributed by atoms with E-state index in [1.807, 2.05) is 0 Å². The van der Waals surface area contributed by atoms with E-state index in [9.17, 15) is 4.79 Å². The van der Waals surface area contributed by atoms with Gasteiger partial charge >= 0.3 is 0 Å². The molecule has 0 bridgehead atoms. The zero-order valence-electron chi connectivity index (χ0n) is 6.65. The molecule has 0 atom stereocenters. The number of nitrogens with two attached hydrogens (primary N) is 1. The molecule has 1 aromatic rings. The molecule has 0 saturated heterocycles. The molecule has 66 valence electrons. The first kappa shape index (κ1) is 8.12. The van der Waals surface area contributed by atoms with E-state index in [0.717, 1.165) is 10.6 Å². The molecule has 1 aliphatic heterocycles. The minimum atomic E-state index is -0.419. The SMILES string of the molecule is NC(=O)c1ccc2c(c1)SNC=N2. The quantitative estimate of drug-likeness (QED) is 0.655. The number of hydrogen-bond acceptors (Lipinski definition) is 4. The van der Waals surface area contributed by atoms with Gasteiger partial charge in [-0.05, 0) is 30.1 Å². The molecule has 2 rings (SSSR count). The summed E-state index contributed by atoms with van der Waals surface area (Å²) < 4.78 is 2.88. The molecule has 5 heteroatoms. The summed E-state index contributed by atoms with van der Waals surface area (Å²) in [7, 11) is 0. The number of carbonyl (C=O) groups excluding carboxylic acids is 1. The van der Waals surface area contributed by atoms with Crippen LogP contribution in [0.25, 0.3) is 0 Å². The Morgan fingerprint density at radius 2 is 2.38 bits per heavy atom. The number of rotatable bonds is 1. The van der Waals surface area contributed by atoms with Crippen molar-refractivity contribution in [2.45, 2.75) is 4.90 Å². The van der Waals surface area contributed by atoms with Crippen molar-refractivity contribution in [3.63, 3.8) is 0 Å². The number of primary amides is 1. The van der Waals surface area contributed by atoms with Gasteiger partial charge in [-0.2, -0.15) is 0 Å². The van der Waals surface area contributed by atoms with E-state index in [-0.39, 0.29) is 0 Å². The van der Waals surface area contributed by atoms with E-state index < -0.39 is 5.91 Å². The minimum Gasteiger partial charge on any atom is -0.366 e. The number of carbonyl (C=O) groups is 1. The zero-order valence-corrected chi connectivity index (χ0v) is 7.47. The molecule has 1 amide bonds. The summed E-state index contributed by atoms with van der Waals surface area (Å²) in [5.41, 5.74) is 6.50. The fourth-order valence-electron chi connectivity index (χ4n) is 1.04. The second-order valence-electron chi connectivity index (χ2n) is 2.52. The Kier molecular flexibility index (Phi) is 1.94. The van der Waals surface area contributed by atoms with Crippen molar-refractivity contribution >= 4 is 29.9 Å². The maximum Gasteiger partial charge on any atom is 0.248 e. The van der Waals surface area contributed by atoms with Crippen LogP contribution in [-0.4, -0.2) is 12.2 Å². The number of benzene rings is 1. The molecule has 0 saturated carbocycles. The van der Waals surface area contributed by atoms with Crippen molar-refractivity contribution in [1.29, 1.82) is 0 Å². The third kappa shape index (κ3) is 1.50. The predicted molar refractivity (Wildman–Crippen MR) is 52.1 cm³/mol. The predicted octanol–water partition coefficient (Wildman–Crippen LogP) is 1.06. The minimum absolute atomic E-state index is 0.419. The normalized spacial score (nSPS) is 13.2. The van der Waals surface area contributed by atoms with Crippen LogP contribution in [0.4, 0.5) is 5.69 Å². The van der Waals surface area contributed by atoms with Crippen molar-refractivity contribution in [3.8, 4) is 0 Å². The van der Waals surface area contributed by atoms with Crippen LogP contribution in [-0.2, 0) is 0 Å². The number of amides is 1. The van der Waals surface area contributed by atoms with Gasteiger partial charge in [-0.1, -0.05) is 0 Å². The average molecular weight is 193 g/mol. The van der Waals surface area contributed by atoms with E-state index in [0.29, 0.717) is 5.56 Å². The Hall–Kier alpha value is -1.49. The molecule has 0 aliphatic carbocycles. The van der Waals surface area contributed by atoms with E-state index in [2.05, 4.69) is 9.71 Å². The van der Waals surface area contributed by atoms with Crippen molar-refractivity contribution in [3.05, 3.63) is 23.8 Å². The summed E-state index contributed by atoms with van der Waals surface area (Å²) in [6, 6.07) is 5.18. The third-order valence-corrected chi connectivity index (χ3v) is 2.44. The lowest BCUT2D eigenvalue weighted by atomic mass is 10.2. The van der Waals surface area contributed by atoms with Gasteiger partial charge in [0.05, 0.1) is 16.9 Å². The van der Waals surface area contributed by atoms with Crippen LogP contribution in [0.1, 0.15) is 10.4 Å². The maximum absolute atomic E-state index is 10.8. The number of nitrogens with one attached hydrogen (secondary N) is 1. The lowest BCUT2D eigenvalue weighted by molar-refractivity contribution is 0.1000. The van der Waals surface area contributed by atoms with Crippen LogP contribution < -0.4 is 10.5 Å². The highest BCUT2D eigenvalue weighted by molar-refractivity contribution is 7.98. The number of nitrogens with zero attached hydrogens (tertiary/aromatic N) is 1. The second kappa shape index (κ2) is 3.10. The number of hydrogen-bond donors (Lipinski definition) is 2. The van der Waals surface area contributed by atoms with Gasteiger partial charge in [-0.3, -0.25) is 4.79 Å². The van der Waals surface area contributed by atoms with Crippen LogP contribution in [0.15, 0.2) is 28.1 Å². The summed E-state index contributed by atoms with van der Waals surface area (Å²) in [4.78, 5) is 15.8. The average Bonchev–Trinajstić information content (AvgIpc) is 2.17. The molecule has 13 heavy (non-hydrogen) atoms. The van der Waals surface area contributed by atoms with Crippen LogP contribution in [0, 0.1) is 0 Å². The Morgan fingerprint density at radius 1 is 1.54 bits per heavy atom. The molecule has 1 aliphatic rings. The van der Waals surface area contributed by atoms with Gasteiger partial charge in [-0.25, -0.2) is 4.99 Å². The lowest BCUT2D eigenvalue weighted by Crippen LogP contribution is -2.11. The molecule has 0 aromatic heterocycles. The Morgan fingerprint density at radius 3 is 3.15 bits per heavy atom. The smallest absolute Gasteiger partial charge is 0.248 e. The van der Waals surface area contributed by atoms with Crippen LogP contribution in [0.2, 0.25) is 0 Å². The first-order chi connectivity index (χ1) is 6.27. The van der Waals surface area contributed by atoms with Gasteiger partial charge in [0.15, 0.2) is 0 Å². The Labute approximate surface area is 79.4 Å². The first-order valence-corrected chi connectivity index (χ1v) is 4.48. The zero-order chi connectivity index (χ0) is 9.26. The molecule has 1 aromatic carbocycles. The molecule has 0 radical (unpaired) electrons. The van der Waals surface area contributed by atoms with Crippen molar-refractivity contribution in [1.82, 2.24) is 4.72 Å². The fraction of sp³-hybridized carbons (Fsp3) is 0. The largest absolute Gasteiger partial charge is 0.366 e. The van der Waals surface area contributed by atoms with Gasteiger partial charge < -0.3 is 10.5 Å². The summed E-state index contributed by atoms with van der Waals surface area (Å²) in [6.45, 7) is 0. The molecule has 3 N–H and O–H groups in total. The first-order valence-electron chi connectivity index (χ1n) is 3.66. The number of fused-ring (bicyclic) bond motifs is 1. The second-order valence-corrected chi connectivity index (χ2v) is 3.40. The van der Waals surface area contributed by atoms with Gasteiger partial charge in [0.1, 0.15) is 0 Å². The van der Waals surface area contributed by atoms with Crippen molar-refractivity contribution in [2.75, 3.05) is 0 Å². The molecule has 0 unspecified atom stereocenters. The van der Waals surface area contributed by atoms with Crippen LogP contribution in [0.5, 0.6) is 0 Å². The van der Waals surface area contributed by atoms with E-state index in [1.54, 1.807) is 24.5 Å². The van der Waals surface area contributed by atoms with Crippen molar-refractivity contribution < 1.29 is 4.79 Å². The highest BCUT2D eigenvalue weighted by Crippen LogP contribution is 2.30. The summed E-state index contributed by atoms with van der Waals surface area (Å²) >= 11 is 1.41. The van der Waals surface area contributed by atoms with Gasteiger partial charge in [0.2, 0.25) is 5.91 Å². The molecule has 0 spiro atoms. The van der Waals surface area contributed by atoms with Gasteiger partial charge in [0, 0.05) is 5.56 Å². The third-order valence-electron chi connectivity index (χ3n) is 1.67. The Balaban J connectivity index is 2.48. The highest BCUT2D eigenvalue weighted by Gasteiger charge is 2.08. The van der Waals surface area contributed by atoms with Crippen LogP contribution >= 0.6 is 11.9 Å². The summed E-state index contributed by atoms with van der Waals surface area (Å²) in [6.07, 6.45) is 1.61. The molecular weight excluding hydrogens is 186 g/mol. The van der Waals surface area contributed by atoms with Gasteiger partial charge in [0.25, 0.3) is 0 Å². The van der Waals surface area contributed by atoms with Gasteiger partial charge in [-0.15, -0.1) is 0 Å². The topological polar surface area (TPSA) is 67.5 Å². The Bertz CT molecular complexity index is 389. The molecule has 4 nitrogen and oxygen atoms in total. The van der Waals surface area contributed by atoms with E-state index >= 15 is 0 Å². The van der Waals surface area contributed by atoms with E-state index in [1.165, 1.54) is 11.9 Å². The fourth-order valence-corrected chi connectivity index (χ4v) is 1.69. The van der Waals surface area contributed by atoms with Crippen LogP contribution in [0.3, 0.4) is 0 Å². The maximum atomic E-state index is 10.8. The van der Waals surface area contributed by atoms with Crippen molar-refractivity contribution in [2.24, 2.45) is 10.7 Å². The standard InChI is InChI=1S/C8H7N3OS/c9-8(12)5-1-2-6-7(3-5)13-11-4-10-6/h1-4H,(H2,9,12)(H,10,11). The summed E-state index contributed by atoms with van der Waals surface area (Å²) in [5, 5.41) is 0. The highest BCUT2D eigenvalue weighted by atomic mass is 32.2. The monoisotopic (exact) mass is 193 g/mol. The lowest BCUT2D eigenvalue weighted by Gasteiger charge is -2.09. The molecule has 1 heterocycles. The molecule has 0 fully saturated rings. The number of aliphatic imine (C=N–C) groups is 1. The molecular formula is C8H7N3OS. The van der Waals surface area contributed by atoms with E-state index in [4.69, 9.17) is 5.73 Å². The summed E-state index contributed by atoms with van der Waals surface area (Å²) in [5.74, 6) is -0.419.